The first-order valence-electron chi connectivity index (χ1n) is 11.6. The number of aromatic amines is 1. The van der Waals surface area contributed by atoms with Gasteiger partial charge in [-0.05, 0) is 58.4 Å². The summed E-state index contributed by atoms with van der Waals surface area (Å²) < 4.78 is 14.3. The molecule has 3 aliphatic rings. The van der Waals surface area contributed by atoms with E-state index in [0.717, 1.165) is 37.8 Å². The normalized spacial score (nSPS) is 23.4. The molecule has 34 heavy (non-hydrogen) atoms. The molecule has 178 valence electrons. The number of rotatable bonds is 2. The number of hydrogen-bond donors (Lipinski definition) is 2. The van der Waals surface area contributed by atoms with Crippen LogP contribution in [0.1, 0.15) is 60.8 Å². The van der Waals surface area contributed by atoms with Gasteiger partial charge < -0.3 is 15.1 Å². The highest BCUT2D eigenvalue weighted by atomic mass is 19.1. The summed E-state index contributed by atoms with van der Waals surface area (Å²) in [5.41, 5.74) is 0.785. The van der Waals surface area contributed by atoms with Gasteiger partial charge in [-0.3, -0.25) is 14.8 Å². The predicted octanol–water partition coefficient (Wildman–Crippen LogP) is 3.01. The Bertz CT molecular complexity index is 1200. The number of benzene rings is 1. The van der Waals surface area contributed by atoms with Gasteiger partial charge in [0.15, 0.2) is 5.82 Å². The van der Waals surface area contributed by atoms with E-state index in [9.17, 15) is 14.0 Å². The topological polar surface area (TPSA) is 108 Å². The van der Waals surface area contributed by atoms with E-state index < -0.39 is 17.3 Å². The Balaban J connectivity index is 1.35. The SMILES string of the molecule is C[C@H]1CN2CCC[C@H]2CN1C(=O)N1Cc2c(NC(=O)c3ccc(C#N)cc3F)n[nH]c2C1(C)C. The van der Waals surface area contributed by atoms with Gasteiger partial charge in [0.2, 0.25) is 0 Å². The molecule has 5 rings (SSSR count). The molecule has 2 fully saturated rings. The van der Waals surface area contributed by atoms with Crippen molar-refractivity contribution in [3.8, 4) is 6.07 Å². The highest BCUT2D eigenvalue weighted by Gasteiger charge is 2.47. The molecular formula is C24H28FN7O2. The molecule has 0 radical (unpaired) electrons. The molecular weight excluding hydrogens is 437 g/mol. The van der Waals surface area contributed by atoms with E-state index >= 15 is 0 Å². The minimum atomic E-state index is -0.777. The van der Waals surface area contributed by atoms with Crippen LogP contribution < -0.4 is 5.32 Å². The van der Waals surface area contributed by atoms with Crippen LogP contribution in [0.3, 0.4) is 0 Å². The second-order valence-electron chi connectivity index (χ2n) is 9.91. The summed E-state index contributed by atoms with van der Waals surface area (Å²) in [4.78, 5) is 32.7. The number of nitrogens with one attached hydrogen (secondary N) is 2. The third kappa shape index (κ3) is 3.51. The molecule has 0 aliphatic carbocycles. The number of piperazine rings is 1. The van der Waals surface area contributed by atoms with Crippen molar-refractivity contribution >= 4 is 17.8 Å². The van der Waals surface area contributed by atoms with Crippen molar-refractivity contribution in [2.75, 3.05) is 25.0 Å². The molecule has 2 atom stereocenters. The van der Waals surface area contributed by atoms with Crippen LogP contribution in [0.25, 0.3) is 0 Å². The maximum absolute atomic E-state index is 14.3. The zero-order valence-corrected chi connectivity index (χ0v) is 19.6. The molecule has 0 spiro atoms. The lowest BCUT2D eigenvalue weighted by Crippen LogP contribution is -2.60. The zero-order chi connectivity index (χ0) is 24.2. The highest BCUT2D eigenvalue weighted by molar-refractivity contribution is 6.04. The molecule has 2 saturated heterocycles. The van der Waals surface area contributed by atoms with Gasteiger partial charge in [0.1, 0.15) is 5.82 Å². The van der Waals surface area contributed by atoms with Crippen molar-refractivity contribution in [1.82, 2.24) is 24.9 Å². The lowest BCUT2D eigenvalue weighted by atomic mass is 10.0. The third-order valence-corrected chi connectivity index (χ3v) is 7.46. The Labute approximate surface area is 197 Å². The first-order valence-corrected chi connectivity index (χ1v) is 11.6. The number of aromatic nitrogens is 2. The molecule has 1 aromatic heterocycles. The molecule has 0 unspecified atom stereocenters. The number of nitrogens with zero attached hydrogens (tertiary/aromatic N) is 5. The summed E-state index contributed by atoms with van der Waals surface area (Å²) in [5, 5.41) is 18.8. The smallest absolute Gasteiger partial charge is 0.319 e. The highest BCUT2D eigenvalue weighted by Crippen LogP contribution is 2.42. The second-order valence-corrected chi connectivity index (χ2v) is 9.91. The molecule has 1 aromatic carbocycles. The third-order valence-electron chi connectivity index (χ3n) is 7.46. The molecule has 10 heteroatoms. The van der Waals surface area contributed by atoms with Gasteiger partial charge in [0.05, 0.1) is 35.0 Å². The van der Waals surface area contributed by atoms with E-state index in [1.54, 1.807) is 0 Å². The summed E-state index contributed by atoms with van der Waals surface area (Å²) in [5.74, 6) is -1.16. The quantitative estimate of drug-likeness (QED) is 0.709. The van der Waals surface area contributed by atoms with Crippen molar-refractivity contribution in [2.45, 2.75) is 57.8 Å². The number of anilines is 1. The average molecular weight is 466 g/mol. The van der Waals surface area contributed by atoms with Crippen molar-refractivity contribution in [3.05, 3.63) is 46.4 Å². The van der Waals surface area contributed by atoms with E-state index in [1.807, 2.05) is 29.7 Å². The molecule has 0 saturated carbocycles. The van der Waals surface area contributed by atoms with Gasteiger partial charge in [-0.2, -0.15) is 10.4 Å². The van der Waals surface area contributed by atoms with E-state index in [0.29, 0.717) is 18.2 Å². The Kier molecular flexibility index (Phi) is 5.32. The molecule has 2 aromatic rings. The van der Waals surface area contributed by atoms with Crippen molar-refractivity contribution < 1.29 is 14.0 Å². The minimum Gasteiger partial charge on any atom is -0.319 e. The number of halogens is 1. The lowest BCUT2D eigenvalue weighted by molar-refractivity contribution is 0.0454. The number of hydrogen-bond acceptors (Lipinski definition) is 5. The van der Waals surface area contributed by atoms with Crippen molar-refractivity contribution in [3.63, 3.8) is 0 Å². The summed E-state index contributed by atoms with van der Waals surface area (Å²) in [6, 6.07) is 6.06. The maximum atomic E-state index is 14.3. The van der Waals surface area contributed by atoms with Gasteiger partial charge in [-0.15, -0.1) is 0 Å². The van der Waals surface area contributed by atoms with Gasteiger partial charge >= 0.3 is 6.03 Å². The number of carbonyl (C=O) groups excluding carboxylic acids is 2. The number of H-pyrrole nitrogens is 1. The fourth-order valence-electron chi connectivity index (χ4n) is 5.48. The second kappa shape index (κ2) is 8.09. The van der Waals surface area contributed by atoms with Crippen LogP contribution in [0.4, 0.5) is 15.0 Å². The number of nitriles is 1. The Morgan fingerprint density at radius 2 is 2.12 bits per heavy atom. The number of carbonyl (C=O) groups is 2. The lowest BCUT2D eigenvalue weighted by Gasteiger charge is -2.45. The zero-order valence-electron chi connectivity index (χ0n) is 19.6. The van der Waals surface area contributed by atoms with Gasteiger partial charge in [0, 0.05) is 30.7 Å². The molecule has 4 heterocycles. The van der Waals surface area contributed by atoms with Crippen LogP contribution in [0.15, 0.2) is 18.2 Å². The summed E-state index contributed by atoms with van der Waals surface area (Å²) in [7, 11) is 0. The van der Waals surface area contributed by atoms with Crippen molar-refractivity contribution in [2.24, 2.45) is 0 Å². The summed E-state index contributed by atoms with van der Waals surface area (Å²) >= 11 is 0. The van der Waals surface area contributed by atoms with Crippen LogP contribution in [-0.2, 0) is 12.1 Å². The largest absolute Gasteiger partial charge is 0.321 e. The Morgan fingerprint density at radius 1 is 1.32 bits per heavy atom. The fourth-order valence-corrected chi connectivity index (χ4v) is 5.48. The minimum absolute atomic E-state index is 0.0240. The number of fused-ring (bicyclic) bond motifs is 2. The Morgan fingerprint density at radius 3 is 2.85 bits per heavy atom. The van der Waals surface area contributed by atoms with E-state index in [-0.39, 0.29) is 29.0 Å². The van der Waals surface area contributed by atoms with E-state index in [2.05, 4.69) is 27.3 Å². The maximum Gasteiger partial charge on any atom is 0.321 e. The van der Waals surface area contributed by atoms with Crippen LogP contribution >= 0.6 is 0 Å². The van der Waals surface area contributed by atoms with Crippen LogP contribution in [0.5, 0.6) is 0 Å². The van der Waals surface area contributed by atoms with Gasteiger partial charge in [-0.1, -0.05) is 0 Å². The first kappa shape index (κ1) is 22.3. The monoisotopic (exact) mass is 465 g/mol. The van der Waals surface area contributed by atoms with Crippen molar-refractivity contribution in [1.29, 1.82) is 5.26 Å². The Hall–Kier alpha value is -3.45. The average Bonchev–Trinajstić information content (AvgIpc) is 3.48. The standard InChI is InChI=1S/C24H28FN7O2/c1-14-11-30-8-4-5-16(30)12-31(14)23(34)32-13-18-20(24(32,2)3)28-29-21(18)27-22(33)17-7-6-15(10-26)9-19(17)25/h6-7,9,14,16H,4-5,8,11-13H2,1-3H3,(H2,27,28,29,33)/t14-,16-/m0/s1. The first-order chi connectivity index (χ1) is 16.2. The van der Waals surface area contributed by atoms with E-state index in [1.165, 1.54) is 18.6 Å². The summed E-state index contributed by atoms with van der Waals surface area (Å²) in [6.07, 6.45) is 2.29. The fraction of sp³-hybridized carbons (Fsp3) is 0.500. The number of urea groups is 1. The van der Waals surface area contributed by atoms with E-state index in [4.69, 9.17) is 5.26 Å². The molecule has 3 aliphatic heterocycles. The molecule has 2 N–H and O–H groups in total. The van der Waals surface area contributed by atoms with Gasteiger partial charge in [-0.25, -0.2) is 9.18 Å². The van der Waals surface area contributed by atoms with Crippen LogP contribution in [-0.4, -0.2) is 68.6 Å². The molecule has 3 amide bonds. The summed E-state index contributed by atoms with van der Waals surface area (Å²) in [6.45, 7) is 9.00. The van der Waals surface area contributed by atoms with Gasteiger partial charge in [0.25, 0.3) is 5.91 Å². The van der Waals surface area contributed by atoms with Crippen LogP contribution in [0.2, 0.25) is 0 Å². The van der Waals surface area contributed by atoms with Crippen LogP contribution in [0, 0.1) is 17.1 Å². The predicted molar refractivity (Wildman–Crippen MR) is 122 cm³/mol. The molecule has 9 nitrogen and oxygen atoms in total. The molecule has 0 bridgehead atoms. The number of amides is 3.